The van der Waals surface area contributed by atoms with Crippen LogP contribution in [0.25, 0.3) is 0 Å². The summed E-state index contributed by atoms with van der Waals surface area (Å²) in [5.74, 6) is -1.38. The Balaban J connectivity index is 2.14. The smallest absolute Gasteiger partial charge is 0.304 e. The number of halogens is 1. The second-order valence-corrected chi connectivity index (χ2v) is 5.83. The molecule has 0 radical (unpaired) electrons. The fourth-order valence-corrected chi connectivity index (χ4v) is 2.63. The predicted octanol–water partition coefficient (Wildman–Crippen LogP) is 3.04. The normalized spacial score (nSPS) is 20.6. The van der Waals surface area contributed by atoms with Crippen molar-refractivity contribution in [2.75, 3.05) is 0 Å². The quantitative estimate of drug-likeness (QED) is 0.683. The second-order valence-electron chi connectivity index (χ2n) is 5.83. The van der Waals surface area contributed by atoms with E-state index >= 15 is 0 Å². The minimum atomic E-state index is -0.992. The van der Waals surface area contributed by atoms with E-state index in [0.717, 1.165) is 31.4 Å². The molecule has 108 valence electrons. The highest BCUT2D eigenvalue weighted by Crippen LogP contribution is 2.37. The molecule has 0 aliphatic heterocycles. The van der Waals surface area contributed by atoms with Crippen molar-refractivity contribution in [1.82, 2.24) is 5.32 Å². The molecule has 0 saturated heterocycles. The summed E-state index contributed by atoms with van der Waals surface area (Å²) in [6.07, 6.45) is 2.98. The van der Waals surface area contributed by atoms with Gasteiger partial charge >= 0.3 is 5.69 Å². The molecule has 0 aromatic heterocycles. The van der Waals surface area contributed by atoms with Crippen LogP contribution in [0.4, 0.5) is 10.1 Å². The third kappa shape index (κ3) is 2.79. The van der Waals surface area contributed by atoms with Crippen molar-refractivity contribution < 1.29 is 14.1 Å². The second kappa shape index (κ2) is 5.19. The number of rotatable bonds is 3. The minimum Gasteiger partial charge on any atom is -0.349 e. The van der Waals surface area contributed by atoms with Crippen LogP contribution >= 0.6 is 0 Å². The van der Waals surface area contributed by atoms with Gasteiger partial charge in [-0.05, 0) is 30.4 Å². The number of carbonyl (C=O) groups is 1. The average molecular weight is 280 g/mol. The summed E-state index contributed by atoms with van der Waals surface area (Å²) in [5, 5.41) is 13.4. The monoisotopic (exact) mass is 280 g/mol. The molecule has 2 rings (SSSR count). The molecule has 1 aromatic rings. The van der Waals surface area contributed by atoms with Crippen LogP contribution in [0, 0.1) is 21.3 Å². The minimum absolute atomic E-state index is 0.0228. The van der Waals surface area contributed by atoms with Crippen molar-refractivity contribution in [2.24, 2.45) is 5.41 Å². The van der Waals surface area contributed by atoms with Crippen molar-refractivity contribution in [2.45, 2.75) is 39.2 Å². The SMILES string of the molecule is CC1(C)CCCC1NC(=O)c1ccc([N+](=O)[O-])c(F)c1. The number of hydrogen-bond acceptors (Lipinski definition) is 3. The molecule has 0 bridgehead atoms. The lowest BCUT2D eigenvalue weighted by Crippen LogP contribution is -2.41. The lowest BCUT2D eigenvalue weighted by molar-refractivity contribution is -0.387. The molecule has 6 heteroatoms. The molecule has 0 heterocycles. The highest BCUT2D eigenvalue weighted by atomic mass is 19.1. The topological polar surface area (TPSA) is 72.2 Å². The Labute approximate surface area is 116 Å². The third-order valence-corrected chi connectivity index (χ3v) is 3.97. The average Bonchev–Trinajstić information content (AvgIpc) is 2.68. The summed E-state index contributed by atoms with van der Waals surface area (Å²) in [6.45, 7) is 4.17. The van der Waals surface area contributed by atoms with Gasteiger partial charge in [0.2, 0.25) is 5.82 Å². The Kier molecular flexibility index (Phi) is 3.74. The molecule has 1 aliphatic rings. The van der Waals surface area contributed by atoms with Crippen molar-refractivity contribution in [1.29, 1.82) is 0 Å². The van der Waals surface area contributed by atoms with Gasteiger partial charge in [-0.25, -0.2) is 0 Å². The van der Waals surface area contributed by atoms with Crippen molar-refractivity contribution >= 4 is 11.6 Å². The molecule has 1 N–H and O–H groups in total. The van der Waals surface area contributed by atoms with E-state index in [-0.39, 0.29) is 17.0 Å². The molecule has 1 aromatic carbocycles. The molecule has 5 nitrogen and oxygen atoms in total. The van der Waals surface area contributed by atoms with Crippen molar-refractivity contribution in [3.8, 4) is 0 Å². The maximum absolute atomic E-state index is 13.5. The first-order valence-electron chi connectivity index (χ1n) is 6.56. The zero-order valence-electron chi connectivity index (χ0n) is 11.5. The van der Waals surface area contributed by atoms with Crippen molar-refractivity contribution in [3.05, 3.63) is 39.7 Å². The van der Waals surface area contributed by atoms with E-state index in [4.69, 9.17) is 0 Å². The summed E-state index contributed by atoms with van der Waals surface area (Å²) in [6, 6.07) is 3.26. The summed E-state index contributed by atoms with van der Waals surface area (Å²) in [5.41, 5.74) is -0.492. The van der Waals surface area contributed by atoms with Gasteiger partial charge in [0.1, 0.15) is 0 Å². The first-order valence-corrected chi connectivity index (χ1v) is 6.56. The van der Waals surface area contributed by atoms with Gasteiger partial charge in [0.15, 0.2) is 0 Å². The first-order chi connectivity index (χ1) is 9.31. The van der Waals surface area contributed by atoms with Crippen LogP contribution in [-0.2, 0) is 0 Å². The van der Waals surface area contributed by atoms with Gasteiger partial charge in [-0.3, -0.25) is 14.9 Å². The van der Waals surface area contributed by atoms with Gasteiger partial charge < -0.3 is 5.32 Å². The van der Waals surface area contributed by atoms with Crippen LogP contribution in [-0.4, -0.2) is 16.9 Å². The number of nitrogens with one attached hydrogen (secondary N) is 1. The van der Waals surface area contributed by atoms with Crippen molar-refractivity contribution in [3.63, 3.8) is 0 Å². The highest BCUT2D eigenvalue weighted by molar-refractivity contribution is 5.94. The van der Waals surface area contributed by atoms with Crippen LogP contribution in [0.15, 0.2) is 18.2 Å². The van der Waals surface area contributed by atoms with Crippen LogP contribution in [0.5, 0.6) is 0 Å². The predicted molar refractivity (Wildman–Crippen MR) is 71.9 cm³/mol. The lowest BCUT2D eigenvalue weighted by Gasteiger charge is -2.27. The largest absolute Gasteiger partial charge is 0.349 e. The summed E-state index contributed by atoms with van der Waals surface area (Å²) in [7, 11) is 0. The van der Waals surface area contributed by atoms with E-state index in [1.807, 2.05) is 0 Å². The Morgan fingerprint density at radius 1 is 1.50 bits per heavy atom. The molecule has 1 atom stereocenters. The van der Waals surface area contributed by atoms with Crippen LogP contribution in [0.2, 0.25) is 0 Å². The summed E-state index contributed by atoms with van der Waals surface area (Å²) < 4.78 is 13.5. The Hall–Kier alpha value is -1.98. The number of nitrogens with zero attached hydrogens (tertiary/aromatic N) is 1. The lowest BCUT2D eigenvalue weighted by atomic mass is 9.87. The standard InChI is InChI=1S/C14H17FN2O3/c1-14(2)7-3-4-12(14)16-13(18)9-5-6-11(17(19)20)10(15)8-9/h5-6,8,12H,3-4,7H2,1-2H3,(H,16,18). The maximum atomic E-state index is 13.5. The Morgan fingerprint density at radius 3 is 2.70 bits per heavy atom. The number of amides is 1. The van der Waals surface area contributed by atoms with Gasteiger partial charge in [-0.15, -0.1) is 0 Å². The summed E-state index contributed by atoms with van der Waals surface area (Å²) >= 11 is 0. The molecule has 1 unspecified atom stereocenters. The Morgan fingerprint density at radius 2 is 2.20 bits per heavy atom. The van der Waals surface area contributed by atoms with Gasteiger partial charge in [0.25, 0.3) is 5.91 Å². The fourth-order valence-electron chi connectivity index (χ4n) is 2.63. The van der Waals surface area contributed by atoms with Gasteiger partial charge in [0.05, 0.1) is 4.92 Å². The van der Waals surface area contributed by atoms with E-state index in [0.29, 0.717) is 0 Å². The number of nitro benzene ring substituents is 1. The molecular weight excluding hydrogens is 263 g/mol. The van der Waals surface area contributed by atoms with Gasteiger partial charge in [-0.1, -0.05) is 20.3 Å². The van der Waals surface area contributed by atoms with E-state index in [2.05, 4.69) is 19.2 Å². The van der Waals surface area contributed by atoms with Crippen LogP contribution in [0.1, 0.15) is 43.5 Å². The van der Waals surface area contributed by atoms with Crippen LogP contribution < -0.4 is 5.32 Å². The molecular formula is C14H17FN2O3. The van der Waals surface area contributed by atoms with E-state index in [1.165, 1.54) is 6.07 Å². The molecule has 0 spiro atoms. The van der Waals surface area contributed by atoms with Crippen LogP contribution in [0.3, 0.4) is 0 Å². The maximum Gasteiger partial charge on any atom is 0.304 e. The fraction of sp³-hybridized carbons (Fsp3) is 0.500. The highest BCUT2D eigenvalue weighted by Gasteiger charge is 2.35. The number of nitro groups is 1. The zero-order valence-corrected chi connectivity index (χ0v) is 11.5. The van der Waals surface area contributed by atoms with Gasteiger partial charge in [0, 0.05) is 17.7 Å². The molecule has 1 amide bonds. The Bertz CT molecular complexity index is 557. The first kappa shape index (κ1) is 14.4. The third-order valence-electron chi connectivity index (χ3n) is 3.97. The molecule has 1 fully saturated rings. The number of carbonyl (C=O) groups excluding carboxylic acids is 1. The summed E-state index contributed by atoms with van der Waals surface area (Å²) in [4.78, 5) is 21.8. The number of hydrogen-bond donors (Lipinski definition) is 1. The number of benzene rings is 1. The van der Waals surface area contributed by atoms with E-state index in [9.17, 15) is 19.3 Å². The molecule has 1 aliphatic carbocycles. The molecule has 20 heavy (non-hydrogen) atoms. The van der Waals surface area contributed by atoms with E-state index in [1.54, 1.807) is 0 Å². The zero-order chi connectivity index (χ0) is 14.9. The van der Waals surface area contributed by atoms with E-state index < -0.39 is 22.3 Å². The van der Waals surface area contributed by atoms with Gasteiger partial charge in [-0.2, -0.15) is 4.39 Å². The molecule has 1 saturated carbocycles.